The van der Waals surface area contributed by atoms with E-state index in [0.29, 0.717) is 15.6 Å². The van der Waals surface area contributed by atoms with E-state index in [1.54, 1.807) is 24.6 Å². The Morgan fingerprint density at radius 3 is 2.68 bits per heavy atom. The van der Waals surface area contributed by atoms with Crippen molar-refractivity contribution in [2.75, 3.05) is 13.2 Å². The van der Waals surface area contributed by atoms with Gasteiger partial charge in [-0.2, -0.15) is 0 Å². The predicted molar refractivity (Wildman–Crippen MR) is 150 cm³/mol. The monoisotopic (exact) mass is 634 g/mol. The van der Waals surface area contributed by atoms with Gasteiger partial charge in [0.05, 0.1) is 0 Å². The first-order chi connectivity index (χ1) is 19.3. The molecule has 17 heteroatoms. The number of esters is 1. The van der Waals surface area contributed by atoms with Crippen molar-refractivity contribution >= 4 is 37.0 Å². The number of alkyl halides is 1. The molecule has 1 aliphatic heterocycles. The maximum atomic E-state index is 15.6. The second-order valence-corrected chi connectivity index (χ2v) is 12.7. The molecular weight excluding hydrogens is 606 g/mol. The molecule has 1 fully saturated rings. The number of hydrogen-bond donors (Lipinski definition) is 4. The molecule has 0 radical (unpaired) electrons. The number of carbonyl (C=O) groups is 1. The van der Waals surface area contributed by atoms with Crippen molar-refractivity contribution in [2.24, 2.45) is 0 Å². The number of aromatic nitrogens is 3. The van der Waals surface area contributed by atoms with E-state index in [1.807, 2.05) is 4.98 Å². The Labute approximate surface area is 242 Å². The Hall–Kier alpha value is -2.75. The van der Waals surface area contributed by atoms with Crippen molar-refractivity contribution in [1.82, 2.24) is 19.6 Å². The minimum atomic E-state index is -4.52. The average Bonchev–Trinajstić information content (AvgIpc) is 3.44. The zero-order valence-electron chi connectivity index (χ0n) is 22.1. The molecule has 224 valence electrons. The fourth-order valence-electron chi connectivity index (χ4n) is 4.12. The van der Waals surface area contributed by atoms with Crippen LogP contribution in [-0.2, 0) is 18.8 Å². The molecule has 0 saturated carbocycles. The third-order valence-electron chi connectivity index (χ3n) is 6.21. The van der Waals surface area contributed by atoms with Gasteiger partial charge >= 0.3 is 243 Å². The van der Waals surface area contributed by atoms with Gasteiger partial charge in [0.25, 0.3) is 0 Å². The summed E-state index contributed by atoms with van der Waals surface area (Å²) in [6.07, 6.45) is -3.78. The van der Waals surface area contributed by atoms with Gasteiger partial charge in [-0.15, -0.1) is 0 Å². The number of halogens is 2. The second-order valence-electron chi connectivity index (χ2n) is 9.25. The Balaban J connectivity index is 1.54. The number of aliphatic hydroxyl groups excluding tert-OH is 1. The Bertz CT molecular complexity index is 1490. The number of ether oxygens (including phenoxy) is 2. The first kappa shape index (κ1) is 31.2. The molecule has 0 aliphatic carbocycles. The average molecular weight is 635 g/mol. The summed E-state index contributed by atoms with van der Waals surface area (Å²) in [7, 11) is -4.52. The Morgan fingerprint density at radius 1 is 1.37 bits per heavy atom. The van der Waals surface area contributed by atoms with Gasteiger partial charge in [0.2, 0.25) is 0 Å². The standard InChI is InChI=1S/C24H29ClFN4O9PS/c1-4-36-21(33)13(2)29-40(35,39-15-7-5-14(6-8-15)18-20(25)41-12-27-18)37-11-16-19(32)24(3,26)22(38-16)30-10-9-17(31)28-23(30)34/h5-10,12-13,16,19,22,29,32,35,40H,4,11H2,1-3H3,(H,28,31,34)/t13-,16+,19+,22+,24+/m0/s1. The first-order valence-corrected chi connectivity index (χ1v) is 15.4. The summed E-state index contributed by atoms with van der Waals surface area (Å²) in [5, 5.41) is 13.3. The summed E-state index contributed by atoms with van der Waals surface area (Å²) in [6, 6.07) is 6.30. The number of carbonyl (C=O) groups excluding carboxylic acids is 1. The fourth-order valence-corrected chi connectivity index (χ4v) is 6.64. The molecule has 3 aromatic rings. The van der Waals surface area contributed by atoms with Crippen molar-refractivity contribution in [1.29, 1.82) is 0 Å². The molecule has 1 saturated heterocycles. The normalized spacial score (nSPS) is 23.7. The first-order valence-electron chi connectivity index (χ1n) is 12.4. The van der Waals surface area contributed by atoms with Crippen LogP contribution in [0.25, 0.3) is 11.3 Å². The summed E-state index contributed by atoms with van der Waals surface area (Å²) in [5.74, 6) is -0.538. The van der Waals surface area contributed by atoms with Crippen LogP contribution in [0.5, 0.6) is 5.75 Å². The van der Waals surface area contributed by atoms with Crippen molar-refractivity contribution in [3.8, 4) is 17.0 Å². The van der Waals surface area contributed by atoms with Crippen molar-refractivity contribution in [2.45, 2.75) is 50.9 Å². The SMILES string of the molecule is CCOC(=O)[C@H](C)N[PH](O)(OC[C@H]1O[C@@H](n2ccc(=O)[nH]c2=O)[C@](C)(F)[C@@H]1O)Oc1ccc(-c2ncsc2Cl)cc1. The fraction of sp³-hybridized carbons (Fsp3) is 0.417. The molecule has 4 N–H and O–H groups in total. The van der Waals surface area contributed by atoms with Crippen LogP contribution in [0.2, 0.25) is 4.34 Å². The van der Waals surface area contributed by atoms with E-state index in [2.05, 4.69) is 10.1 Å². The van der Waals surface area contributed by atoms with Crippen LogP contribution in [0, 0.1) is 0 Å². The van der Waals surface area contributed by atoms with Crippen LogP contribution in [0.4, 0.5) is 4.39 Å². The van der Waals surface area contributed by atoms with Crippen LogP contribution >= 0.6 is 31.0 Å². The van der Waals surface area contributed by atoms with E-state index >= 15 is 4.39 Å². The van der Waals surface area contributed by atoms with Gasteiger partial charge in [-0.05, 0) is 0 Å². The summed E-state index contributed by atoms with van der Waals surface area (Å²) >= 11 is 7.43. The Morgan fingerprint density at radius 2 is 2.07 bits per heavy atom. The molecule has 0 unspecified atom stereocenters. The summed E-state index contributed by atoms with van der Waals surface area (Å²) in [6.45, 7) is 3.56. The van der Waals surface area contributed by atoms with E-state index in [9.17, 15) is 24.4 Å². The van der Waals surface area contributed by atoms with Gasteiger partial charge in [-0.25, -0.2) is 0 Å². The molecule has 0 bridgehead atoms. The van der Waals surface area contributed by atoms with Crippen molar-refractivity contribution in [3.05, 3.63) is 67.2 Å². The molecule has 13 nitrogen and oxygen atoms in total. The van der Waals surface area contributed by atoms with Crippen LogP contribution in [-0.4, -0.2) is 67.6 Å². The third kappa shape index (κ3) is 7.01. The van der Waals surface area contributed by atoms with E-state index < -0.39 is 62.1 Å². The van der Waals surface area contributed by atoms with Gasteiger partial charge < -0.3 is 0 Å². The van der Waals surface area contributed by atoms with E-state index in [4.69, 9.17) is 30.1 Å². The van der Waals surface area contributed by atoms with Crippen LogP contribution < -0.4 is 20.9 Å². The zero-order chi connectivity index (χ0) is 29.9. The van der Waals surface area contributed by atoms with E-state index in [1.165, 1.54) is 30.4 Å². The van der Waals surface area contributed by atoms with E-state index in [-0.39, 0.29) is 12.4 Å². The summed E-state index contributed by atoms with van der Waals surface area (Å²) in [4.78, 5) is 53.5. The van der Waals surface area contributed by atoms with Crippen molar-refractivity contribution < 1.29 is 37.7 Å². The third-order valence-corrected chi connectivity index (χ3v) is 9.14. The number of H-pyrrole nitrogens is 1. The zero-order valence-corrected chi connectivity index (χ0v) is 24.6. The predicted octanol–water partition coefficient (Wildman–Crippen LogP) is 2.34. The molecule has 3 heterocycles. The number of hydrogen-bond acceptors (Lipinski definition) is 12. The second kappa shape index (κ2) is 12.6. The van der Waals surface area contributed by atoms with Crippen LogP contribution in [0.1, 0.15) is 27.0 Å². The minimum absolute atomic E-state index is 0.0931. The molecule has 0 amide bonds. The topological polar surface area (TPSA) is 174 Å². The summed E-state index contributed by atoms with van der Waals surface area (Å²) in [5.41, 5.74) is -1.27. The molecule has 5 atom stereocenters. The van der Waals surface area contributed by atoms with Crippen LogP contribution in [0.15, 0.2) is 51.6 Å². The number of benzene rings is 1. The summed E-state index contributed by atoms with van der Waals surface area (Å²) < 4.78 is 38.9. The number of aliphatic hydroxyl groups is 1. The number of nitrogens with zero attached hydrogens (tertiary/aromatic N) is 2. The molecular formula is C24H29ClFN4O9PS. The number of aromatic amines is 1. The van der Waals surface area contributed by atoms with E-state index in [0.717, 1.165) is 23.8 Å². The molecule has 4 rings (SSSR count). The number of rotatable bonds is 11. The Kier molecular flexibility index (Phi) is 9.61. The van der Waals surface area contributed by atoms with Gasteiger partial charge in [-0.1, -0.05) is 0 Å². The number of nitrogens with one attached hydrogen (secondary N) is 2. The molecule has 1 aliphatic rings. The molecule has 0 spiro atoms. The van der Waals surface area contributed by atoms with Gasteiger partial charge in [0, 0.05) is 0 Å². The van der Waals surface area contributed by atoms with Crippen molar-refractivity contribution in [3.63, 3.8) is 0 Å². The molecule has 2 aromatic heterocycles. The van der Waals surface area contributed by atoms with Gasteiger partial charge in [0.1, 0.15) is 0 Å². The number of thiazole rings is 1. The van der Waals surface area contributed by atoms with Gasteiger partial charge in [-0.3, -0.25) is 0 Å². The quantitative estimate of drug-likeness (QED) is 0.180. The van der Waals surface area contributed by atoms with Gasteiger partial charge in [0.15, 0.2) is 0 Å². The molecule has 41 heavy (non-hydrogen) atoms. The van der Waals surface area contributed by atoms with Crippen LogP contribution in [0.3, 0.4) is 0 Å². The molecule has 1 aromatic carbocycles. The maximum absolute atomic E-state index is 15.6.